The molecule has 0 spiro atoms. The number of amides is 2. The maximum atomic E-state index is 13.2. The highest BCUT2D eigenvalue weighted by molar-refractivity contribution is 7.92. The van der Waals surface area contributed by atoms with Gasteiger partial charge in [-0.15, -0.1) is 0 Å². The van der Waals surface area contributed by atoms with Crippen molar-refractivity contribution < 1.29 is 18.0 Å². The number of nitrogens with one attached hydrogen (secondary N) is 1. The molecule has 2 amide bonds. The van der Waals surface area contributed by atoms with Crippen LogP contribution in [-0.2, 0) is 26.2 Å². The molecule has 2 aromatic carbocycles. The van der Waals surface area contributed by atoms with Crippen molar-refractivity contribution in [2.45, 2.75) is 53.1 Å². The summed E-state index contributed by atoms with van der Waals surface area (Å²) in [5.74, 6) is -0.439. The fourth-order valence-corrected chi connectivity index (χ4v) is 4.83. The van der Waals surface area contributed by atoms with E-state index in [0.29, 0.717) is 35.8 Å². The Labute approximate surface area is 208 Å². The van der Waals surface area contributed by atoms with E-state index in [0.717, 1.165) is 17.4 Å². The van der Waals surface area contributed by atoms with Crippen LogP contribution < -0.4 is 9.62 Å². The SMILES string of the molecule is CCNC(=O)C(C)N(Cc1ccc(C)cc1)C(=O)CCCN(c1cccc(Cl)c1C)S(C)(=O)=O. The number of aryl methyl sites for hydroxylation is 1. The van der Waals surface area contributed by atoms with Gasteiger partial charge in [0.05, 0.1) is 11.9 Å². The van der Waals surface area contributed by atoms with Gasteiger partial charge in [0.15, 0.2) is 0 Å². The fourth-order valence-electron chi connectivity index (χ4n) is 3.64. The predicted octanol–water partition coefficient (Wildman–Crippen LogP) is 4.06. The molecule has 186 valence electrons. The van der Waals surface area contributed by atoms with E-state index < -0.39 is 16.1 Å². The molecule has 0 heterocycles. The largest absolute Gasteiger partial charge is 0.355 e. The van der Waals surface area contributed by atoms with Gasteiger partial charge in [0.25, 0.3) is 0 Å². The van der Waals surface area contributed by atoms with Crippen LogP contribution in [-0.4, -0.2) is 50.5 Å². The molecule has 0 aliphatic rings. The van der Waals surface area contributed by atoms with Gasteiger partial charge in [0.1, 0.15) is 6.04 Å². The Hall–Kier alpha value is -2.58. The molecule has 34 heavy (non-hydrogen) atoms. The molecule has 0 saturated heterocycles. The number of rotatable bonds is 11. The second-order valence-electron chi connectivity index (χ2n) is 8.40. The van der Waals surface area contributed by atoms with E-state index in [4.69, 9.17) is 11.6 Å². The van der Waals surface area contributed by atoms with Crippen LogP contribution in [0.15, 0.2) is 42.5 Å². The summed E-state index contributed by atoms with van der Waals surface area (Å²) in [6.45, 7) is 8.17. The van der Waals surface area contributed by atoms with Crippen molar-refractivity contribution in [2.75, 3.05) is 23.7 Å². The molecule has 1 unspecified atom stereocenters. The molecule has 0 aliphatic heterocycles. The minimum atomic E-state index is -3.58. The lowest BCUT2D eigenvalue weighted by Crippen LogP contribution is -2.47. The maximum Gasteiger partial charge on any atom is 0.242 e. The highest BCUT2D eigenvalue weighted by atomic mass is 35.5. The van der Waals surface area contributed by atoms with Crippen LogP contribution in [0.4, 0.5) is 5.69 Å². The Kier molecular flexibility index (Phi) is 9.94. The van der Waals surface area contributed by atoms with E-state index in [9.17, 15) is 18.0 Å². The average Bonchev–Trinajstić information content (AvgIpc) is 2.77. The summed E-state index contributed by atoms with van der Waals surface area (Å²) in [5.41, 5.74) is 3.18. The van der Waals surface area contributed by atoms with Crippen LogP contribution >= 0.6 is 11.6 Å². The summed E-state index contributed by atoms with van der Waals surface area (Å²) in [5, 5.41) is 3.24. The van der Waals surface area contributed by atoms with E-state index in [2.05, 4.69) is 5.32 Å². The molecule has 0 aromatic heterocycles. The smallest absolute Gasteiger partial charge is 0.242 e. The molecule has 0 bridgehead atoms. The average molecular weight is 508 g/mol. The normalized spacial score (nSPS) is 12.2. The van der Waals surface area contributed by atoms with Crippen LogP contribution in [0.1, 0.15) is 43.4 Å². The molecular formula is C25H34ClN3O4S. The third kappa shape index (κ3) is 7.46. The van der Waals surface area contributed by atoms with Crippen LogP contribution in [0.3, 0.4) is 0 Å². The van der Waals surface area contributed by atoms with Crippen LogP contribution in [0.25, 0.3) is 0 Å². The van der Waals surface area contributed by atoms with E-state index in [1.54, 1.807) is 36.9 Å². The van der Waals surface area contributed by atoms with E-state index >= 15 is 0 Å². The van der Waals surface area contributed by atoms with Gasteiger partial charge in [0, 0.05) is 31.1 Å². The summed E-state index contributed by atoms with van der Waals surface area (Å²) in [6, 6.07) is 12.3. The van der Waals surface area contributed by atoms with Gasteiger partial charge in [-0.3, -0.25) is 13.9 Å². The van der Waals surface area contributed by atoms with Gasteiger partial charge < -0.3 is 10.2 Å². The first kappa shape index (κ1) is 27.7. The second kappa shape index (κ2) is 12.2. The van der Waals surface area contributed by atoms with Gasteiger partial charge in [-0.2, -0.15) is 0 Å². The molecule has 1 atom stereocenters. The van der Waals surface area contributed by atoms with Gasteiger partial charge in [0.2, 0.25) is 21.8 Å². The highest BCUT2D eigenvalue weighted by Gasteiger charge is 2.26. The van der Waals surface area contributed by atoms with E-state index in [-0.39, 0.29) is 24.8 Å². The Morgan fingerprint density at radius 2 is 1.74 bits per heavy atom. The third-order valence-electron chi connectivity index (χ3n) is 5.65. The number of anilines is 1. The summed E-state index contributed by atoms with van der Waals surface area (Å²) in [7, 11) is -3.58. The molecule has 9 heteroatoms. The lowest BCUT2D eigenvalue weighted by Gasteiger charge is -2.29. The van der Waals surface area contributed by atoms with Gasteiger partial charge in [-0.1, -0.05) is 47.5 Å². The number of hydrogen-bond donors (Lipinski definition) is 1. The Morgan fingerprint density at radius 3 is 2.32 bits per heavy atom. The van der Waals surface area contributed by atoms with E-state index in [1.165, 1.54) is 4.31 Å². The van der Waals surface area contributed by atoms with Crippen molar-refractivity contribution in [3.8, 4) is 0 Å². The number of sulfonamides is 1. The molecule has 2 rings (SSSR count). The number of hydrogen-bond acceptors (Lipinski definition) is 4. The van der Waals surface area contributed by atoms with Crippen molar-refractivity contribution in [2.24, 2.45) is 0 Å². The van der Waals surface area contributed by atoms with Crippen LogP contribution in [0.2, 0.25) is 5.02 Å². The van der Waals surface area contributed by atoms with Crippen molar-refractivity contribution >= 4 is 39.1 Å². The highest BCUT2D eigenvalue weighted by Crippen LogP contribution is 2.28. The first-order valence-corrected chi connectivity index (χ1v) is 13.5. The zero-order chi connectivity index (χ0) is 25.5. The molecule has 0 fully saturated rings. The lowest BCUT2D eigenvalue weighted by molar-refractivity contribution is -0.140. The Bertz CT molecular complexity index is 1100. The summed E-state index contributed by atoms with van der Waals surface area (Å²) < 4.78 is 26.2. The second-order valence-corrected chi connectivity index (χ2v) is 10.7. The zero-order valence-electron chi connectivity index (χ0n) is 20.5. The lowest BCUT2D eigenvalue weighted by atomic mass is 10.1. The molecule has 0 radical (unpaired) electrons. The molecule has 1 N–H and O–H groups in total. The molecule has 7 nitrogen and oxygen atoms in total. The topological polar surface area (TPSA) is 86.8 Å². The minimum absolute atomic E-state index is 0.0985. The van der Waals surface area contributed by atoms with Crippen LogP contribution in [0, 0.1) is 13.8 Å². The number of carbonyl (C=O) groups excluding carboxylic acids is 2. The van der Waals surface area contributed by atoms with Gasteiger partial charge >= 0.3 is 0 Å². The Balaban J connectivity index is 2.18. The third-order valence-corrected chi connectivity index (χ3v) is 7.24. The first-order valence-electron chi connectivity index (χ1n) is 11.3. The predicted molar refractivity (Wildman–Crippen MR) is 137 cm³/mol. The van der Waals surface area contributed by atoms with Crippen molar-refractivity contribution in [3.63, 3.8) is 0 Å². The zero-order valence-corrected chi connectivity index (χ0v) is 22.0. The summed E-state index contributed by atoms with van der Waals surface area (Å²) in [4.78, 5) is 27.3. The van der Waals surface area contributed by atoms with Crippen LogP contribution in [0.5, 0.6) is 0 Å². The quantitative estimate of drug-likeness (QED) is 0.497. The standard InChI is InChI=1S/C25H34ClN3O4S/c1-6-27-25(31)20(4)28(17-21-14-12-18(2)13-15-21)24(30)11-8-16-29(34(5,32)33)23-10-7-9-22(26)19(23)3/h7,9-10,12-15,20H,6,8,11,16-17H2,1-5H3,(H,27,31). The van der Waals surface area contributed by atoms with E-state index in [1.807, 2.05) is 38.1 Å². The number of benzene rings is 2. The molecular weight excluding hydrogens is 474 g/mol. The van der Waals surface area contributed by atoms with Crippen molar-refractivity contribution in [1.82, 2.24) is 10.2 Å². The number of nitrogens with zero attached hydrogens (tertiary/aromatic N) is 2. The summed E-state index contributed by atoms with van der Waals surface area (Å²) >= 11 is 6.19. The number of likely N-dealkylation sites (N-methyl/N-ethyl adjacent to an activating group) is 1. The fraction of sp³-hybridized carbons (Fsp3) is 0.440. The van der Waals surface area contributed by atoms with Gasteiger partial charge in [-0.25, -0.2) is 8.42 Å². The molecule has 0 aliphatic carbocycles. The molecule has 0 saturated carbocycles. The minimum Gasteiger partial charge on any atom is -0.355 e. The number of halogens is 1. The number of carbonyl (C=O) groups is 2. The Morgan fingerprint density at radius 1 is 1.09 bits per heavy atom. The van der Waals surface area contributed by atoms with Gasteiger partial charge in [-0.05, 0) is 57.4 Å². The first-order chi connectivity index (χ1) is 16.0. The van der Waals surface area contributed by atoms with Crippen molar-refractivity contribution in [1.29, 1.82) is 0 Å². The summed E-state index contributed by atoms with van der Waals surface area (Å²) in [6.07, 6.45) is 1.53. The molecule has 2 aromatic rings. The maximum absolute atomic E-state index is 13.2. The monoisotopic (exact) mass is 507 g/mol. The van der Waals surface area contributed by atoms with Crippen molar-refractivity contribution in [3.05, 3.63) is 64.2 Å².